The molecule has 0 aliphatic carbocycles. The molecular weight excluding hydrogens is 364 g/mol. The van der Waals surface area contributed by atoms with Crippen molar-refractivity contribution in [2.75, 3.05) is 5.73 Å². The molecule has 3 aromatic carbocycles. The van der Waals surface area contributed by atoms with Gasteiger partial charge < -0.3 is 20.6 Å². The van der Waals surface area contributed by atoms with Crippen molar-refractivity contribution in [3.8, 4) is 34.3 Å². The maximum atomic E-state index is 10.6. The molecule has 6 heteroatoms. The van der Waals surface area contributed by atoms with E-state index in [-0.39, 0.29) is 5.75 Å². The average Bonchev–Trinajstić information content (AvgIpc) is 3.29. The minimum atomic E-state index is 0.0380. The SMILES string of the molecule is Nc1c(-c2nc3ccccc3[nH]2)c(O)cn1-c1ccccc1Oc1ccccc1. The molecule has 0 spiro atoms. The third kappa shape index (κ3) is 2.96. The highest BCUT2D eigenvalue weighted by Gasteiger charge is 2.20. The maximum Gasteiger partial charge on any atom is 0.151 e. The number of nitrogen functional groups attached to an aromatic ring is 1. The molecule has 0 aliphatic rings. The number of hydrogen-bond donors (Lipinski definition) is 3. The molecule has 0 fully saturated rings. The molecule has 2 aromatic heterocycles. The number of aromatic nitrogens is 3. The highest BCUT2D eigenvalue weighted by Crippen LogP contribution is 2.39. The summed E-state index contributed by atoms with van der Waals surface area (Å²) >= 11 is 0. The van der Waals surface area contributed by atoms with Gasteiger partial charge in [-0.3, -0.25) is 4.57 Å². The molecule has 5 aromatic rings. The van der Waals surface area contributed by atoms with Crippen LogP contribution in [0.1, 0.15) is 0 Å². The molecule has 0 atom stereocenters. The number of anilines is 1. The number of aromatic hydroxyl groups is 1. The van der Waals surface area contributed by atoms with Crippen LogP contribution >= 0.6 is 0 Å². The molecule has 0 unspecified atom stereocenters. The van der Waals surface area contributed by atoms with E-state index in [0.717, 1.165) is 11.0 Å². The number of para-hydroxylation sites is 5. The van der Waals surface area contributed by atoms with Crippen LogP contribution in [0.4, 0.5) is 5.82 Å². The molecular formula is C23H18N4O2. The molecule has 6 nitrogen and oxygen atoms in total. The second-order valence-corrected chi connectivity index (χ2v) is 6.63. The van der Waals surface area contributed by atoms with Crippen LogP contribution in [0.3, 0.4) is 0 Å². The fourth-order valence-corrected chi connectivity index (χ4v) is 3.38. The second kappa shape index (κ2) is 6.76. The number of nitrogens with zero attached hydrogens (tertiary/aromatic N) is 2. The Bertz CT molecular complexity index is 1270. The minimum Gasteiger partial charge on any atom is -0.505 e. The van der Waals surface area contributed by atoms with Gasteiger partial charge in [-0.15, -0.1) is 0 Å². The van der Waals surface area contributed by atoms with Gasteiger partial charge in [0, 0.05) is 0 Å². The zero-order valence-electron chi connectivity index (χ0n) is 15.4. The molecule has 5 rings (SSSR count). The van der Waals surface area contributed by atoms with E-state index < -0.39 is 0 Å². The Morgan fingerprint density at radius 2 is 1.62 bits per heavy atom. The maximum absolute atomic E-state index is 10.6. The lowest BCUT2D eigenvalue weighted by Crippen LogP contribution is -2.02. The lowest BCUT2D eigenvalue weighted by molar-refractivity contribution is 0.474. The number of rotatable bonds is 4. The predicted octanol–water partition coefficient (Wildman–Crippen LogP) is 5.10. The fraction of sp³-hybridized carbons (Fsp3) is 0. The van der Waals surface area contributed by atoms with Gasteiger partial charge in [0.25, 0.3) is 0 Å². The van der Waals surface area contributed by atoms with Crippen LogP contribution in [-0.4, -0.2) is 19.6 Å². The summed E-state index contributed by atoms with van der Waals surface area (Å²) in [4.78, 5) is 7.78. The summed E-state index contributed by atoms with van der Waals surface area (Å²) in [6.07, 6.45) is 1.57. The molecule has 0 aliphatic heterocycles. The highest BCUT2D eigenvalue weighted by molar-refractivity contribution is 5.85. The third-order valence-electron chi connectivity index (χ3n) is 4.75. The van der Waals surface area contributed by atoms with Gasteiger partial charge in [0.05, 0.1) is 22.9 Å². The van der Waals surface area contributed by atoms with Crippen molar-refractivity contribution in [1.82, 2.24) is 14.5 Å². The largest absolute Gasteiger partial charge is 0.505 e. The first-order valence-corrected chi connectivity index (χ1v) is 9.18. The third-order valence-corrected chi connectivity index (χ3v) is 4.75. The topological polar surface area (TPSA) is 89.1 Å². The monoisotopic (exact) mass is 382 g/mol. The van der Waals surface area contributed by atoms with E-state index in [1.54, 1.807) is 10.8 Å². The van der Waals surface area contributed by atoms with Crippen LogP contribution < -0.4 is 10.5 Å². The summed E-state index contributed by atoms with van der Waals surface area (Å²) in [7, 11) is 0. The first-order chi connectivity index (χ1) is 14.2. The number of aromatic amines is 1. The molecule has 0 saturated carbocycles. The molecule has 29 heavy (non-hydrogen) atoms. The van der Waals surface area contributed by atoms with Crippen LogP contribution in [0.15, 0.2) is 85.1 Å². The lowest BCUT2D eigenvalue weighted by Gasteiger charge is -2.13. The summed E-state index contributed by atoms with van der Waals surface area (Å²) in [5.41, 5.74) is 9.29. The van der Waals surface area contributed by atoms with E-state index in [2.05, 4.69) is 9.97 Å². The van der Waals surface area contributed by atoms with Gasteiger partial charge in [-0.05, 0) is 36.4 Å². The van der Waals surface area contributed by atoms with Gasteiger partial charge in [0.1, 0.15) is 28.7 Å². The summed E-state index contributed by atoms with van der Waals surface area (Å²) < 4.78 is 7.74. The van der Waals surface area contributed by atoms with Crippen LogP contribution in [0.2, 0.25) is 0 Å². The number of fused-ring (bicyclic) bond motifs is 1. The van der Waals surface area contributed by atoms with Crippen molar-refractivity contribution in [1.29, 1.82) is 0 Å². The number of H-pyrrole nitrogens is 1. The second-order valence-electron chi connectivity index (χ2n) is 6.63. The molecule has 0 saturated heterocycles. The van der Waals surface area contributed by atoms with Crippen molar-refractivity contribution < 1.29 is 9.84 Å². The van der Waals surface area contributed by atoms with E-state index in [1.165, 1.54) is 0 Å². The van der Waals surface area contributed by atoms with Crippen molar-refractivity contribution >= 4 is 16.9 Å². The van der Waals surface area contributed by atoms with Crippen molar-refractivity contribution in [2.24, 2.45) is 0 Å². The number of imidazole rings is 1. The highest BCUT2D eigenvalue weighted by atomic mass is 16.5. The minimum absolute atomic E-state index is 0.0380. The van der Waals surface area contributed by atoms with Crippen molar-refractivity contribution in [3.05, 3.63) is 85.1 Å². The van der Waals surface area contributed by atoms with Crippen LogP contribution in [-0.2, 0) is 0 Å². The van der Waals surface area contributed by atoms with E-state index >= 15 is 0 Å². The van der Waals surface area contributed by atoms with Gasteiger partial charge >= 0.3 is 0 Å². The molecule has 142 valence electrons. The van der Waals surface area contributed by atoms with Gasteiger partial charge in [-0.25, -0.2) is 4.98 Å². The van der Waals surface area contributed by atoms with Gasteiger partial charge in [-0.1, -0.05) is 42.5 Å². The Morgan fingerprint density at radius 1 is 0.897 bits per heavy atom. The first kappa shape index (κ1) is 16.9. The Kier molecular flexibility index (Phi) is 3.95. The van der Waals surface area contributed by atoms with Crippen molar-refractivity contribution in [2.45, 2.75) is 0 Å². The number of nitrogens with two attached hydrogens (primary N) is 1. The normalized spacial score (nSPS) is 11.0. The molecule has 0 amide bonds. The summed E-state index contributed by atoms with van der Waals surface area (Å²) in [6, 6.07) is 24.7. The molecule has 4 N–H and O–H groups in total. The fourth-order valence-electron chi connectivity index (χ4n) is 3.38. The van der Waals surface area contributed by atoms with E-state index in [4.69, 9.17) is 10.5 Å². The number of benzene rings is 3. The smallest absolute Gasteiger partial charge is 0.151 e. The van der Waals surface area contributed by atoms with E-state index in [1.807, 2.05) is 78.9 Å². The Balaban J connectivity index is 1.61. The quantitative estimate of drug-likeness (QED) is 0.403. The molecule has 2 heterocycles. The van der Waals surface area contributed by atoms with Crippen LogP contribution in [0, 0.1) is 0 Å². The average molecular weight is 382 g/mol. The van der Waals surface area contributed by atoms with Crippen LogP contribution in [0.5, 0.6) is 17.2 Å². The number of ether oxygens (including phenoxy) is 1. The first-order valence-electron chi connectivity index (χ1n) is 9.18. The lowest BCUT2D eigenvalue weighted by atomic mass is 10.2. The molecule has 0 radical (unpaired) electrons. The number of nitrogens with one attached hydrogen (secondary N) is 1. The van der Waals surface area contributed by atoms with Gasteiger partial charge in [0.2, 0.25) is 0 Å². The van der Waals surface area contributed by atoms with Gasteiger partial charge in [-0.2, -0.15) is 0 Å². The zero-order valence-corrected chi connectivity index (χ0v) is 15.4. The standard InChI is InChI=1S/C23H18N4O2/c24-22-21(23-25-16-10-4-5-11-17(16)26-23)19(28)14-27(22)18-12-6-7-13-20(18)29-15-8-2-1-3-9-15/h1-14,28H,24H2,(H,25,26). The molecule has 0 bridgehead atoms. The van der Waals surface area contributed by atoms with E-state index in [9.17, 15) is 5.11 Å². The van der Waals surface area contributed by atoms with Crippen LogP contribution in [0.25, 0.3) is 28.1 Å². The Morgan fingerprint density at radius 3 is 2.45 bits per heavy atom. The van der Waals surface area contributed by atoms with Crippen molar-refractivity contribution in [3.63, 3.8) is 0 Å². The Labute approximate surface area is 166 Å². The van der Waals surface area contributed by atoms with Gasteiger partial charge in [0.15, 0.2) is 5.75 Å². The zero-order chi connectivity index (χ0) is 19.8. The summed E-state index contributed by atoms with van der Waals surface area (Å²) in [5, 5.41) is 10.6. The number of hydrogen-bond acceptors (Lipinski definition) is 4. The predicted molar refractivity (Wildman–Crippen MR) is 113 cm³/mol. The summed E-state index contributed by atoms with van der Waals surface area (Å²) in [5.74, 6) is 2.26. The van der Waals surface area contributed by atoms with E-state index in [0.29, 0.717) is 34.4 Å². The summed E-state index contributed by atoms with van der Waals surface area (Å²) in [6.45, 7) is 0. The Hall–Kier alpha value is -4.19.